The predicted molar refractivity (Wildman–Crippen MR) is 292 cm³/mol. The smallest absolute Gasteiger partial charge is 1.00 e. The molecule has 0 unspecified atom stereocenters. The van der Waals surface area contributed by atoms with E-state index in [-0.39, 0.29) is 111 Å². The Kier molecular flexibility index (Phi) is 37.0. The number of carbonyl (C=O) groups excluding carboxylic acids is 1. The monoisotopic (exact) mass is 1220 g/mol. The molecule has 6 N–H and O–H groups in total. The number of carbonyl (C=O) groups is 1. The number of alkyl halides is 1. The number of sulfone groups is 1. The summed E-state index contributed by atoms with van der Waals surface area (Å²) in [5, 5.41) is 10.6. The molecule has 8 rings (SSSR count). The van der Waals surface area contributed by atoms with Crippen molar-refractivity contribution in [2.24, 2.45) is 5.73 Å². The number of aryl methyl sites for hydroxylation is 2. The van der Waals surface area contributed by atoms with Gasteiger partial charge in [0.2, 0.25) is 24.8 Å². The molecule has 0 aliphatic heterocycles. The Balaban J connectivity index is 0. The third-order valence-corrected chi connectivity index (χ3v) is 17.2. The summed E-state index contributed by atoms with van der Waals surface area (Å²) in [5.41, 5.74) is 20.3. The van der Waals surface area contributed by atoms with Crippen molar-refractivity contribution >= 4 is 140 Å². The molecule has 0 aliphatic carbocycles. The molecule has 23 heteroatoms. The van der Waals surface area contributed by atoms with Crippen LogP contribution in [-0.2, 0) is 26.1 Å². The topological polar surface area (TPSA) is 175 Å². The molecule has 0 fully saturated rings. The summed E-state index contributed by atoms with van der Waals surface area (Å²) >= 11 is 16.4. The number of nitrogens with zero attached hydrogens (tertiary/aromatic N) is 3. The molecule has 360 valence electrons. The van der Waals surface area contributed by atoms with Gasteiger partial charge in [0.15, 0.2) is 0 Å². The van der Waals surface area contributed by atoms with E-state index in [1.807, 2.05) is 85.8 Å². The zero-order valence-corrected chi connectivity index (χ0v) is 53.0. The second-order valence-corrected chi connectivity index (χ2v) is 23.9. The van der Waals surface area contributed by atoms with Gasteiger partial charge in [0.1, 0.15) is 4.21 Å². The van der Waals surface area contributed by atoms with Crippen LogP contribution < -0.4 is 125 Å². The van der Waals surface area contributed by atoms with Gasteiger partial charge in [-0.2, -0.15) is 0 Å². The maximum Gasteiger partial charge on any atom is 1.00 e. The summed E-state index contributed by atoms with van der Waals surface area (Å²) in [6, 6.07) is 45.1. The SMILES string of the molecule is Cc1ccc(S(=O)(=O)c2ccc(CN)s2)cc1.Nc1ccc(S)cc1.O=CO[O-].[2H]CF.[C-]#[N+]c1ccc(Br)s1.[C-]#[N+]c1ccc(Sc2ccc(C)cc2)s1.[C-]#[N+]c1ccc(Sc2ccc(N)cc2)s1.[H-].[K+].[K+]. The van der Waals surface area contributed by atoms with E-state index >= 15 is 0 Å². The molecule has 0 saturated heterocycles. The largest absolute Gasteiger partial charge is 1.00 e. The third kappa shape index (κ3) is 27.8. The zero-order valence-electron chi connectivity index (χ0n) is 40.5. The second kappa shape index (κ2) is 39.3. The molecule has 0 spiro atoms. The van der Waals surface area contributed by atoms with Crippen LogP contribution in [0.5, 0.6) is 0 Å². The van der Waals surface area contributed by atoms with Gasteiger partial charge in [0.25, 0.3) is 6.47 Å². The molecule has 0 bridgehead atoms. The first-order chi connectivity index (χ1) is 33.5. The number of halogens is 2. The van der Waals surface area contributed by atoms with E-state index < -0.39 is 17.0 Å². The summed E-state index contributed by atoms with van der Waals surface area (Å²) in [4.78, 5) is 25.8. The molecule has 4 aromatic carbocycles. The molecule has 0 saturated carbocycles. The van der Waals surface area contributed by atoms with Crippen molar-refractivity contribution in [1.29, 1.82) is 0 Å². The predicted octanol–water partition coefficient (Wildman–Crippen LogP) is 8.90. The van der Waals surface area contributed by atoms with Gasteiger partial charge in [-0.05, 0) is 151 Å². The fourth-order valence-corrected chi connectivity index (χ4v) is 12.2. The molecule has 0 amide bonds. The Morgan fingerprint density at radius 2 is 1.10 bits per heavy atom. The normalized spacial score (nSPS) is 9.49. The van der Waals surface area contributed by atoms with Crippen LogP contribution >= 0.6 is 97.4 Å². The summed E-state index contributed by atoms with van der Waals surface area (Å²) in [5.74, 6) is 0. The number of rotatable bonds is 8. The first-order valence-electron chi connectivity index (χ1n) is 19.8. The quantitative estimate of drug-likeness (QED) is 0.0219. The molecule has 0 aliphatic rings. The van der Waals surface area contributed by atoms with Crippen molar-refractivity contribution in [2.45, 2.75) is 52.6 Å². The van der Waals surface area contributed by atoms with Crippen LogP contribution in [0.1, 0.15) is 18.8 Å². The molecule has 4 heterocycles. The molecule has 0 radical (unpaired) electrons. The van der Waals surface area contributed by atoms with Crippen LogP contribution in [0.15, 0.2) is 182 Å². The molecule has 11 nitrogen and oxygen atoms in total. The first-order valence-corrected chi connectivity index (χ1v) is 26.7. The number of hydrogen-bond acceptors (Lipinski definition) is 15. The van der Waals surface area contributed by atoms with Crippen molar-refractivity contribution in [3.05, 3.63) is 200 Å². The summed E-state index contributed by atoms with van der Waals surface area (Å²) in [7, 11) is -4.38. The van der Waals surface area contributed by atoms with E-state index in [0.717, 1.165) is 54.6 Å². The average Bonchev–Trinajstić information content (AvgIpc) is 4.22. The van der Waals surface area contributed by atoms with Crippen molar-refractivity contribution in [3.63, 3.8) is 0 Å². The maximum absolute atomic E-state index is 12.2. The van der Waals surface area contributed by atoms with Gasteiger partial charge in [0.05, 0.1) is 45.3 Å². The van der Waals surface area contributed by atoms with Gasteiger partial charge in [-0.25, -0.2) is 23.0 Å². The van der Waals surface area contributed by atoms with E-state index in [0.29, 0.717) is 15.6 Å². The van der Waals surface area contributed by atoms with Crippen molar-refractivity contribution in [3.8, 4) is 0 Å². The number of hydrogen-bond donors (Lipinski definition) is 4. The van der Waals surface area contributed by atoms with Gasteiger partial charge in [-0.1, -0.05) is 58.9 Å². The van der Waals surface area contributed by atoms with Crippen molar-refractivity contribution < 1.29 is 133 Å². The number of nitrogen functional groups attached to an aromatic ring is 2. The second-order valence-electron chi connectivity index (χ2n) is 12.7. The number of anilines is 2. The van der Waals surface area contributed by atoms with E-state index in [9.17, 15) is 12.8 Å². The Hall–Kier alpha value is -2.18. The average molecular weight is 1220 g/mol. The minimum atomic E-state index is -3.38. The van der Waals surface area contributed by atoms with Crippen LogP contribution in [0.4, 0.5) is 30.8 Å². The fraction of sp³-hybridized carbons (Fsp3) is 0.0833. The summed E-state index contributed by atoms with van der Waals surface area (Å²) in [6.07, 6.45) is 0. The minimum Gasteiger partial charge on any atom is -1.00 e. The van der Waals surface area contributed by atoms with Gasteiger partial charge < -0.3 is 28.8 Å². The number of thiophene rings is 4. The molecule has 71 heavy (non-hydrogen) atoms. The van der Waals surface area contributed by atoms with Gasteiger partial charge >= 0.3 is 103 Å². The minimum absolute atomic E-state index is 0. The fourth-order valence-electron chi connectivity index (χ4n) is 4.51. The van der Waals surface area contributed by atoms with Crippen LogP contribution in [0.2, 0.25) is 0 Å². The number of thiol groups is 1. The van der Waals surface area contributed by atoms with E-state index in [2.05, 4.69) is 79.2 Å². The van der Waals surface area contributed by atoms with E-state index in [4.69, 9.17) is 48.3 Å². The summed E-state index contributed by atoms with van der Waals surface area (Å²) in [6.45, 7) is 24.5. The molecule has 0 atom stereocenters. The molecular weight excluding hydrogens is 1170 g/mol. The van der Waals surface area contributed by atoms with E-state index in [1.165, 1.54) is 48.7 Å². The van der Waals surface area contributed by atoms with Crippen molar-refractivity contribution in [2.75, 3.05) is 18.6 Å². The van der Waals surface area contributed by atoms with Gasteiger partial charge in [0, 0.05) is 37.5 Å². The standard InChI is InChI=1S/C12H13NO2S2.C12H9NS2.C11H8N2S2.C6H7NS.C5H2BrNS.CH3F.CH2O3.2K.H/c1-9-2-5-11(6-3-9)17(14,15)12-7-4-10(8-13)16-12;1-9-3-5-10(6-4-9)14-12-8-7-11(13-2)15-12;1-13-10-6-7-11(15-10)14-9-4-2-8(12)3-5-9;7-5-1-3-6(8)4-2-5;1-7-5-3-2-4(6)8-5;1-2;2-1-4-3;;;/h2-7H,8,13H2,1H3;3-8H,1H3;2-7H,12H2;1-4,8H,7H2;2-3H;1H3;1,3H;;;/q;;;;;;;2*+1;-1/p-1/i;;;;;1D;;;;. The summed E-state index contributed by atoms with van der Waals surface area (Å²) < 4.78 is 43.7. The van der Waals surface area contributed by atoms with Gasteiger partial charge in [-0.15, -0.1) is 58.0 Å². The van der Waals surface area contributed by atoms with Crippen LogP contribution in [0, 0.1) is 33.6 Å². The number of nitrogens with two attached hydrogens (primary N) is 3. The van der Waals surface area contributed by atoms with Crippen LogP contribution in [0.25, 0.3) is 14.5 Å². The van der Waals surface area contributed by atoms with Crippen molar-refractivity contribution in [1.82, 2.24) is 0 Å². The first kappa shape index (κ1) is 66.8. The third-order valence-electron chi connectivity index (χ3n) is 7.73. The van der Waals surface area contributed by atoms with Crippen LogP contribution in [0.3, 0.4) is 0 Å². The Bertz CT molecular complexity index is 2910. The molecule has 8 aromatic rings. The van der Waals surface area contributed by atoms with Gasteiger partial charge in [-0.3, -0.25) is 9.18 Å². The Morgan fingerprint density at radius 3 is 1.44 bits per heavy atom. The van der Waals surface area contributed by atoms with E-state index in [1.54, 1.807) is 77.3 Å². The molecule has 4 aromatic heterocycles. The Labute approximate surface area is 541 Å². The zero-order chi connectivity index (χ0) is 51.9. The maximum atomic E-state index is 12.2. The Morgan fingerprint density at radius 1 is 0.704 bits per heavy atom. The van der Waals surface area contributed by atoms with Crippen LogP contribution in [-0.4, -0.2) is 22.0 Å². The molecular formula is C48H44BrFK2N6O5S8. The number of benzene rings is 4.